The van der Waals surface area contributed by atoms with Crippen molar-refractivity contribution in [1.29, 1.82) is 0 Å². The number of nitrogens with zero attached hydrogens (tertiary/aromatic N) is 1. The van der Waals surface area contributed by atoms with Crippen molar-refractivity contribution in [2.45, 2.75) is 6.42 Å². The summed E-state index contributed by atoms with van der Waals surface area (Å²) in [7, 11) is 1.65. The van der Waals surface area contributed by atoms with Crippen LogP contribution in [0.1, 0.15) is 6.42 Å². The largest absolute Gasteiger partial charge is 0.382 e. The SMILES string of the molecule is COCCOCCCOCC(=O)N1CCNCC1. The molecule has 1 aliphatic rings. The number of piperazine rings is 1. The molecular formula is C12H24N2O4. The highest BCUT2D eigenvalue weighted by molar-refractivity contribution is 5.77. The Labute approximate surface area is 109 Å². The van der Waals surface area contributed by atoms with E-state index >= 15 is 0 Å². The Morgan fingerprint density at radius 3 is 2.56 bits per heavy atom. The van der Waals surface area contributed by atoms with E-state index < -0.39 is 0 Å². The maximum Gasteiger partial charge on any atom is 0.248 e. The van der Waals surface area contributed by atoms with Crippen molar-refractivity contribution in [2.75, 3.05) is 66.3 Å². The Bertz CT molecular complexity index is 220. The molecule has 1 saturated heterocycles. The second kappa shape index (κ2) is 10.3. The molecule has 0 atom stereocenters. The highest BCUT2D eigenvalue weighted by Crippen LogP contribution is 1.94. The van der Waals surface area contributed by atoms with Gasteiger partial charge in [0.05, 0.1) is 13.2 Å². The van der Waals surface area contributed by atoms with Gasteiger partial charge in [0.1, 0.15) is 6.61 Å². The van der Waals surface area contributed by atoms with Gasteiger partial charge in [-0.1, -0.05) is 0 Å². The number of carbonyl (C=O) groups is 1. The van der Waals surface area contributed by atoms with Crippen LogP contribution in [-0.4, -0.2) is 77.1 Å². The summed E-state index contributed by atoms with van der Waals surface area (Å²) in [4.78, 5) is 13.5. The fraction of sp³-hybridized carbons (Fsp3) is 0.917. The van der Waals surface area contributed by atoms with Gasteiger partial charge in [0, 0.05) is 46.5 Å². The summed E-state index contributed by atoms with van der Waals surface area (Å²) in [6.07, 6.45) is 0.804. The third-order valence-electron chi connectivity index (χ3n) is 2.70. The zero-order valence-corrected chi connectivity index (χ0v) is 11.2. The minimum atomic E-state index is 0.0804. The maximum absolute atomic E-state index is 11.7. The van der Waals surface area contributed by atoms with E-state index in [1.54, 1.807) is 7.11 Å². The van der Waals surface area contributed by atoms with Crippen LogP contribution in [-0.2, 0) is 19.0 Å². The predicted octanol–water partition coefficient (Wildman–Crippen LogP) is -0.512. The van der Waals surface area contributed by atoms with Crippen molar-refractivity contribution in [3.05, 3.63) is 0 Å². The molecule has 0 aromatic rings. The third-order valence-corrected chi connectivity index (χ3v) is 2.70. The number of rotatable bonds is 9. The van der Waals surface area contributed by atoms with Crippen LogP contribution in [0.5, 0.6) is 0 Å². The first kappa shape index (κ1) is 15.4. The van der Waals surface area contributed by atoms with Gasteiger partial charge < -0.3 is 24.4 Å². The standard InChI is InChI=1S/C12H24N2O4/c1-16-9-10-17-7-2-8-18-11-12(15)14-5-3-13-4-6-14/h13H,2-11H2,1H3. The van der Waals surface area contributed by atoms with Gasteiger partial charge in [0.15, 0.2) is 0 Å². The Kier molecular flexibility index (Phi) is 8.75. The molecule has 0 unspecified atom stereocenters. The maximum atomic E-state index is 11.7. The van der Waals surface area contributed by atoms with E-state index in [9.17, 15) is 4.79 Å². The van der Waals surface area contributed by atoms with Crippen molar-refractivity contribution in [1.82, 2.24) is 10.2 Å². The number of nitrogens with one attached hydrogen (secondary N) is 1. The smallest absolute Gasteiger partial charge is 0.248 e. The average Bonchev–Trinajstić information content (AvgIpc) is 2.42. The summed E-state index contributed by atoms with van der Waals surface area (Å²) < 4.78 is 15.5. The Morgan fingerprint density at radius 2 is 1.83 bits per heavy atom. The molecule has 0 bridgehead atoms. The fourth-order valence-electron chi connectivity index (χ4n) is 1.67. The lowest BCUT2D eigenvalue weighted by molar-refractivity contribution is -0.136. The molecule has 0 spiro atoms. The Balaban J connectivity index is 1.89. The molecule has 6 nitrogen and oxygen atoms in total. The zero-order valence-electron chi connectivity index (χ0n) is 11.2. The van der Waals surface area contributed by atoms with Gasteiger partial charge in [-0.3, -0.25) is 4.79 Å². The van der Waals surface area contributed by atoms with Crippen LogP contribution in [0.2, 0.25) is 0 Å². The minimum absolute atomic E-state index is 0.0804. The van der Waals surface area contributed by atoms with Crippen LogP contribution in [0.15, 0.2) is 0 Å². The number of methoxy groups -OCH3 is 1. The highest BCUT2D eigenvalue weighted by Gasteiger charge is 2.15. The minimum Gasteiger partial charge on any atom is -0.382 e. The first-order valence-electron chi connectivity index (χ1n) is 6.47. The molecule has 6 heteroatoms. The highest BCUT2D eigenvalue weighted by atomic mass is 16.5. The molecule has 0 radical (unpaired) electrons. The van der Waals surface area contributed by atoms with Crippen LogP contribution in [0.25, 0.3) is 0 Å². The molecule has 1 aliphatic heterocycles. The van der Waals surface area contributed by atoms with Crippen molar-refractivity contribution >= 4 is 5.91 Å². The molecule has 0 aromatic carbocycles. The van der Waals surface area contributed by atoms with E-state index in [0.29, 0.717) is 26.4 Å². The molecule has 1 rings (SSSR count). The van der Waals surface area contributed by atoms with Crippen molar-refractivity contribution < 1.29 is 19.0 Å². The van der Waals surface area contributed by atoms with Gasteiger partial charge in [-0.05, 0) is 6.42 Å². The lowest BCUT2D eigenvalue weighted by Crippen LogP contribution is -2.47. The zero-order chi connectivity index (χ0) is 13.1. The molecule has 18 heavy (non-hydrogen) atoms. The monoisotopic (exact) mass is 260 g/mol. The molecule has 1 N–H and O–H groups in total. The fourth-order valence-corrected chi connectivity index (χ4v) is 1.67. The summed E-state index contributed by atoms with van der Waals surface area (Å²) >= 11 is 0. The van der Waals surface area contributed by atoms with Gasteiger partial charge in [0.25, 0.3) is 0 Å². The van der Waals surface area contributed by atoms with E-state index in [4.69, 9.17) is 14.2 Å². The number of ether oxygens (including phenoxy) is 3. The van der Waals surface area contributed by atoms with Crippen molar-refractivity contribution in [3.8, 4) is 0 Å². The first-order chi connectivity index (χ1) is 8.84. The molecule has 0 aromatic heterocycles. The van der Waals surface area contributed by atoms with Crippen molar-refractivity contribution in [2.24, 2.45) is 0 Å². The van der Waals surface area contributed by atoms with Gasteiger partial charge in [-0.15, -0.1) is 0 Å². The van der Waals surface area contributed by atoms with Crippen LogP contribution in [0.3, 0.4) is 0 Å². The van der Waals surface area contributed by atoms with Gasteiger partial charge in [-0.2, -0.15) is 0 Å². The molecule has 0 saturated carbocycles. The first-order valence-corrected chi connectivity index (χ1v) is 6.47. The summed E-state index contributed by atoms with van der Waals surface area (Å²) in [6, 6.07) is 0. The molecule has 1 amide bonds. The van der Waals surface area contributed by atoms with Crippen LogP contribution >= 0.6 is 0 Å². The summed E-state index contributed by atoms with van der Waals surface area (Å²) in [5.74, 6) is 0.0804. The van der Waals surface area contributed by atoms with Gasteiger partial charge in [0.2, 0.25) is 5.91 Å². The van der Waals surface area contributed by atoms with E-state index in [2.05, 4.69) is 5.32 Å². The summed E-state index contributed by atoms with van der Waals surface area (Å²) in [6.45, 7) is 5.91. The van der Waals surface area contributed by atoms with Crippen LogP contribution in [0, 0.1) is 0 Å². The van der Waals surface area contributed by atoms with Crippen LogP contribution < -0.4 is 5.32 Å². The topological polar surface area (TPSA) is 60.0 Å². The number of amides is 1. The lowest BCUT2D eigenvalue weighted by atomic mass is 10.3. The van der Waals surface area contributed by atoms with E-state index in [1.807, 2.05) is 4.90 Å². The molecule has 0 aliphatic carbocycles. The Hall–Kier alpha value is -0.690. The van der Waals surface area contributed by atoms with E-state index in [0.717, 1.165) is 32.6 Å². The van der Waals surface area contributed by atoms with Crippen molar-refractivity contribution in [3.63, 3.8) is 0 Å². The second-order valence-electron chi connectivity index (χ2n) is 4.14. The third kappa shape index (κ3) is 6.90. The summed E-state index contributed by atoms with van der Waals surface area (Å²) in [5, 5.41) is 3.21. The van der Waals surface area contributed by atoms with Gasteiger partial charge >= 0.3 is 0 Å². The average molecular weight is 260 g/mol. The molecule has 106 valence electrons. The molecular weight excluding hydrogens is 236 g/mol. The second-order valence-corrected chi connectivity index (χ2v) is 4.14. The number of hydrogen-bond acceptors (Lipinski definition) is 5. The Morgan fingerprint density at radius 1 is 1.11 bits per heavy atom. The van der Waals surface area contributed by atoms with E-state index in [1.165, 1.54) is 0 Å². The normalized spacial score (nSPS) is 15.9. The van der Waals surface area contributed by atoms with Gasteiger partial charge in [-0.25, -0.2) is 0 Å². The molecule has 1 heterocycles. The van der Waals surface area contributed by atoms with E-state index in [-0.39, 0.29) is 12.5 Å². The summed E-state index contributed by atoms with van der Waals surface area (Å²) in [5.41, 5.74) is 0. The molecule has 1 fully saturated rings. The number of hydrogen-bond donors (Lipinski definition) is 1. The van der Waals surface area contributed by atoms with Crippen LogP contribution in [0.4, 0.5) is 0 Å². The lowest BCUT2D eigenvalue weighted by Gasteiger charge is -2.27. The predicted molar refractivity (Wildman–Crippen MR) is 67.6 cm³/mol. The number of carbonyl (C=O) groups excluding carboxylic acids is 1. The quantitative estimate of drug-likeness (QED) is 0.566.